The Balaban J connectivity index is 2.43. The lowest BCUT2D eigenvalue weighted by Gasteiger charge is -2.17. The van der Waals surface area contributed by atoms with E-state index < -0.39 is 11.9 Å². The Bertz CT molecular complexity index is 904. The highest BCUT2D eigenvalue weighted by molar-refractivity contribution is 5.97. The zero-order valence-corrected chi connectivity index (χ0v) is 17.2. The number of amides is 1. The van der Waals surface area contributed by atoms with Gasteiger partial charge < -0.3 is 19.9 Å². The largest absolute Gasteiger partial charge is 0.493 e. The molecule has 0 saturated carbocycles. The van der Waals surface area contributed by atoms with E-state index in [9.17, 15) is 14.7 Å². The minimum absolute atomic E-state index is 0.0989. The highest BCUT2D eigenvalue weighted by Gasteiger charge is 2.20. The van der Waals surface area contributed by atoms with Crippen LogP contribution >= 0.6 is 0 Å². The van der Waals surface area contributed by atoms with Gasteiger partial charge >= 0.3 is 5.97 Å². The average molecular weight is 397 g/mol. The molecule has 0 radical (unpaired) electrons. The molecule has 0 aliphatic carbocycles. The number of hydrogen-bond acceptors (Lipinski definition) is 4. The van der Waals surface area contributed by atoms with Crippen LogP contribution in [0.4, 0.5) is 5.69 Å². The summed E-state index contributed by atoms with van der Waals surface area (Å²) in [5, 5.41) is 12.7. The maximum atomic E-state index is 12.0. The molecule has 1 atom stereocenters. The van der Waals surface area contributed by atoms with E-state index in [1.165, 1.54) is 7.11 Å². The zero-order chi connectivity index (χ0) is 21.4. The average Bonchev–Trinajstić information content (AvgIpc) is 2.72. The minimum Gasteiger partial charge on any atom is -0.493 e. The van der Waals surface area contributed by atoms with Gasteiger partial charge in [0.05, 0.1) is 14.2 Å². The molecule has 1 amide bonds. The van der Waals surface area contributed by atoms with Crippen molar-refractivity contribution in [1.29, 1.82) is 0 Å². The van der Waals surface area contributed by atoms with Crippen molar-refractivity contribution in [2.45, 2.75) is 32.6 Å². The van der Waals surface area contributed by atoms with E-state index in [4.69, 9.17) is 9.47 Å². The van der Waals surface area contributed by atoms with E-state index in [-0.39, 0.29) is 11.5 Å². The topological polar surface area (TPSA) is 84.9 Å². The highest BCUT2D eigenvalue weighted by atomic mass is 16.5. The number of nitrogens with one attached hydrogen (secondary N) is 1. The molecule has 0 unspecified atom stereocenters. The van der Waals surface area contributed by atoms with Crippen molar-refractivity contribution in [3.63, 3.8) is 0 Å². The molecule has 29 heavy (non-hydrogen) atoms. The molecule has 2 N–H and O–H groups in total. The van der Waals surface area contributed by atoms with Crippen molar-refractivity contribution in [3.05, 3.63) is 59.2 Å². The van der Waals surface area contributed by atoms with Crippen molar-refractivity contribution in [2.75, 3.05) is 19.5 Å². The van der Waals surface area contributed by atoms with Crippen LogP contribution < -0.4 is 14.8 Å². The van der Waals surface area contributed by atoms with Crippen molar-refractivity contribution in [1.82, 2.24) is 0 Å². The predicted octanol–water partition coefficient (Wildman–Crippen LogP) is 4.71. The minimum atomic E-state index is -1.03. The molecule has 0 aromatic heterocycles. The second-order valence-corrected chi connectivity index (χ2v) is 6.63. The third-order valence-electron chi connectivity index (χ3n) is 4.64. The summed E-state index contributed by atoms with van der Waals surface area (Å²) >= 11 is 0. The Kier molecular flexibility index (Phi) is 7.83. The number of carboxylic acids is 1. The zero-order valence-electron chi connectivity index (χ0n) is 17.2. The molecule has 2 aromatic rings. The van der Waals surface area contributed by atoms with Gasteiger partial charge in [-0.25, -0.2) is 4.79 Å². The Hall–Kier alpha value is -3.28. The second kappa shape index (κ2) is 10.3. The molecular weight excluding hydrogens is 370 g/mol. The van der Waals surface area contributed by atoms with E-state index >= 15 is 0 Å². The normalized spacial score (nSPS) is 12.2. The van der Waals surface area contributed by atoms with Crippen LogP contribution in [0.5, 0.6) is 11.5 Å². The summed E-state index contributed by atoms with van der Waals surface area (Å²) in [6, 6.07) is 12.5. The van der Waals surface area contributed by atoms with Crippen LogP contribution in [0.15, 0.2) is 48.0 Å². The summed E-state index contributed by atoms with van der Waals surface area (Å²) in [5.41, 5.74) is 2.21. The Labute approximate surface area is 171 Å². The lowest BCUT2D eigenvalue weighted by Crippen LogP contribution is -2.12. The predicted molar refractivity (Wildman–Crippen MR) is 114 cm³/mol. The monoisotopic (exact) mass is 397 g/mol. The molecule has 0 aliphatic rings. The van der Waals surface area contributed by atoms with Gasteiger partial charge in [0, 0.05) is 23.6 Å². The summed E-state index contributed by atoms with van der Waals surface area (Å²) in [6.45, 7) is 3.75. The number of hydrogen-bond donors (Lipinski definition) is 2. The van der Waals surface area contributed by atoms with Gasteiger partial charge in [0.15, 0.2) is 11.5 Å². The molecule has 0 bridgehead atoms. The molecule has 2 aromatic carbocycles. The first-order chi connectivity index (χ1) is 13.9. The van der Waals surface area contributed by atoms with Gasteiger partial charge in [-0.05, 0) is 41.8 Å². The fourth-order valence-corrected chi connectivity index (χ4v) is 3.02. The molecule has 6 nitrogen and oxygen atoms in total. The molecule has 154 valence electrons. The third kappa shape index (κ3) is 5.60. The Morgan fingerprint density at radius 1 is 1.10 bits per heavy atom. The quantitative estimate of drug-likeness (QED) is 0.599. The van der Waals surface area contributed by atoms with E-state index in [1.54, 1.807) is 43.5 Å². The van der Waals surface area contributed by atoms with E-state index in [1.807, 2.05) is 26.0 Å². The summed E-state index contributed by atoms with van der Waals surface area (Å²) in [4.78, 5) is 24.0. The van der Waals surface area contributed by atoms with Gasteiger partial charge in [-0.15, -0.1) is 0 Å². The van der Waals surface area contributed by atoms with Crippen LogP contribution in [-0.2, 0) is 9.59 Å². The number of para-hydroxylation sites is 1. The number of aliphatic carboxylic acids is 1. The number of benzene rings is 2. The maximum absolute atomic E-state index is 12.0. The molecule has 0 saturated heterocycles. The lowest BCUT2D eigenvalue weighted by molar-refractivity contribution is -0.132. The summed E-state index contributed by atoms with van der Waals surface area (Å²) in [6.07, 6.45) is 2.75. The van der Waals surface area contributed by atoms with Gasteiger partial charge in [0.2, 0.25) is 5.91 Å². The molecule has 2 rings (SSSR count). The number of carbonyl (C=O) groups is 2. The second-order valence-electron chi connectivity index (χ2n) is 6.63. The molecular formula is C23H27NO5. The van der Waals surface area contributed by atoms with Gasteiger partial charge in [-0.3, -0.25) is 4.79 Å². The highest BCUT2D eigenvalue weighted by Crippen LogP contribution is 2.34. The molecule has 6 heteroatoms. The number of methoxy groups -OCH3 is 2. The van der Waals surface area contributed by atoms with Gasteiger partial charge in [-0.2, -0.15) is 0 Å². The third-order valence-corrected chi connectivity index (χ3v) is 4.64. The van der Waals surface area contributed by atoms with Crippen LogP contribution in [0.25, 0.3) is 6.08 Å². The fourth-order valence-electron chi connectivity index (χ4n) is 3.02. The summed E-state index contributed by atoms with van der Waals surface area (Å²) in [5.74, 6) is -0.422. The SMILES string of the molecule is CCCC(=O)Nc1ccccc1C=C(C(=O)O)[C@@H](C)c1ccc(OC)c(OC)c1. The first-order valence-corrected chi connectivity index (χ1v) is 9.46. The lowest BCUT2D eigenvalue weighted by atomic mass is 9.91. The maximum Gasteiger partial charge on any atom is 0.332 e. The van der Waals surface area contributed by atoms with Gasteiger partial charge in [-0.1, -0.05) is 38.1 Å². The molecule has 0 spiro atoms. The van der Waals surface area contributed by atoms with Crippen LogP contribution in [0.1, 0.15) is 43.7 Å². The van der Waals surface area contributed by atoms with Crippen LogP contribution in [0.3, 0.4) is 0 Å². The number of carboxylic acid groups (broad SMARTS) is 1. The number of ether oxygens (including phenoxy) is 2. The number of rotatable bonds is 9. The fraction of sp³-hybridized carbons (Fsp3) is 0.304. The first kappa shape index (κ1) is 22.0. The van der Waals surface area contributed by atoms with Crippen LogP contribution in [0, 0.1) is 0 Å². The number of carbonyl (C=O) groups excluding carboxylic acids is 1. The van der Waals surface area contributed by atoms with Gasteiger partial charge in [0.25, 0.3) is 0 Å². The molecule has 0 heterocycles. The van der Waals surface area contributed by atoms with E-state index in [0.717, 1.165) is 12.0 Å². The van der Waals surface area contributed by atoms with Crippen molar-refractivity contribution >= 4 is 23.6 Å². The van der Waals surface area contributed by atoms with Crippen molar-refractivity contribution in [2.24, 2.45) is 0 Å². The standard InChI is InChI=1S/C23H27NO5/c1-5-8-22(25)24-19-10-7-6-9-17(19)13-18(23(26)27)15(2)16-11-12-20(28-3)21(14-16)29-4/h6-7,9-15H,5,8H2,1-4H3,(H,24,25)(H,26,27)/t15-/m0/s1. The van der Waals surface area contributed by atoms with Crippen LogP contribution in [-0.4, -0.2) is 31.2 Å². The number of anilines is 1. The van der Waals surface area contributed by atoms with Crippen molar-refractivity contribution in [3.8, 4) is 11.5 Å². The Morgan fingerprint density at radius 2 is 1.79 bits per heavy atom. The van der Waals surface area contributed by atoms with Crippen LogP contribution in [0.2, 0.25) is 0 Å². The Morgan fingerprint density at radius 3 is 2.41 bits per heavy atom. The smallest absolute Gasteiger partial charge is 0.332 e. The summed E-state index contributed by atoms with van der Waals surface area (Å²) in [7, 11) is 3.09. The van der Waals surface area contributed by atoms with Gasteiger partial charge in [0.1, 0.15) is 0 Å². The molecule has 0 fully saturated rings. The first-order valence-electron chi connectivity index (χ1n) is 9.46. The van der Waals surface area contributed by atoms with Crippen molar-refractivity contribution < 1.29 is 24.2 Å². The summed E-state index contributed by atoms with van der Waals surface area (Å²) < 4.78 is 10.6. The van der Waals surface area contributed by atoms with E-state index in [0.29, 0.717) is 29.2 Å². The molecule has 0 aliphatic heterocycles. The van der Waals surface area contributed by atoms with E-state index in [2.05, 4.69) is 5.32 Å².